The van der Waals surface area contributed by atoms with Gasteiger partial charge in [-0.1, -0.05) is 18.9 Å². The van der Waals surface area contributed by atoms with Crippen molar-refractivity contribution < 1.29 is 18.0 Å². The molecule has 0 spiro atoms. The molecule has 6 nitrogen and oxygen atoms in total. The van der Waals surface area contributed by atoms with E-state index in [1.807, 2.05) is 4.72 Å². The van der Waals surface area contributed by atoms with Gasteiger partial charge in [-0.2, -0.15) is 0 Å². The average molecular weight is 300 g/mol. The summed E-state index contributed by atoms with van der Waals surface area (Å²) in [5, 5.41) is 2.09. The van der Waals surface area contributed by atoms with Gasteiger partial charge in [-0.25, -0.2) is 8.42 Å². The predicted octanol–water partition coefficient (Wildman–Crippen LogP) is 0.456. The molecule has 2 rings (SSSR count). The number of rotatable bonds is 6. The fraction of sp³-hybridized carbons (Fsp3) is 0.692. The zero-order valence-electron chi connectivity index (χ0n) is 11.3. The highest BCUT2D eigenvalue weighted by atomic mass is 32.2. The van der Waals surface area contributed by atoms with Gasteiger partial charge in [0.2, 0.25) is 15.9 Å². The van der Waals surface area contributed by atoms with E-state index in [1.54, 1.807) is 0 Å². The highest BCUT2D eigenvalue weighted by Crippen LogP contribution is 2.27. The van der Waals surface area contributed by atoms with Gasteiger partial charge in [0, 0.05) is 5.92 Å². The van der Waals surface area contributed by atoms with Crippen molar-refractivity contribution in [3.05, 3.63) is 12.7 Å². The van der Waals surface area contributed by atoms with Crippen LogP contribution in [0.1, 0.15) is 38.5 Å². The smallest absolute Gasteiger partial charge is 0.260 e. The van der Waals surface area contributed by atoms with Crippen LogP contribution in [0, 0.1) is 5.92 Å². The van der Waals surface area contributed by atoms with E-state index in [0.717, 1.165) is 25.7 Å². The standard InChI is InChI=1S/C13H20N2O4S/c1-2-11(14-12(16)9-5-3-4-6-9)13(17)15-20(18,19)10-7-8-10/h2,9-11H,1,3-8H2,(H,14,16)(H,15,17)/t11-/m1/s1. The molecular formula is C13H20N2O4S. The number of nitrogens with one attached hydrogen (secondary N) is 2. The zero-order valence-corrected chi connectivity index (χ0v) is 12.1. The zero-order chi connectivity index (χ0) is 14.8. The van der Waals surface area contributed by atoms with Crippen molar-refractivity contribution in [2.75, 3.05) is 0 Å². The Labute approximate surface area is 119 Å². The molecule has 0 aromatic heterocycles. The second-order valence-electron chi connectivity index (χ2n) is 5.41. The molecule has 0 aliphatic heterocycles. The Balaban J connectivity index is 1.91. The van der Waals surface area contributed by atoms with Crippen LogP contribution >= 0.6 is 0 Å². The van der Waals surface area contributed by atoms with Gasteiger partial charge in [-0.15, -0.1) is 6.58 Å². The van der Waals surface area contributed by atoms with E-state index in [4.69, 9.17) is 0 Å². The summed E-state index contributed by atoms with van der Waals surface area (Å²) in [6.45, 7) is 3.48. The van der Waals surface area contributed by atoms with E-state index in [2.05, 4.69) is 11.9 Å². The van der Waals surface area contributed by atoms with Crippen LogP contribution in [0.3, 0.4) is 0 Å². The molecule has 2 aliphatic rings. The van der Waals surface area contributed by atoms with Crippen LogP contribution in [0.25, 0.3) is 0 Å². The Bertz CT molecular complexity index is 504. The maximum atomic E-state index is 11.9. The van der Waals surface area contributed by atoms with Crippen LogP contribution in [0.15, 0.2) is 12.7 Å². The van der Waals surface area contributed by atoms with E-state index in [9.17, 15) is 18.0 Å². The summed E-state index contributed by atoms with van der Waals surface area (Å²) in [5.41, 5.74) is 0. The van der Waals surface area contributed by atoms with Crippen LogP contribution in [0.2, 0.25) is 0 Å². The third-order valence-corrected chi connectivity index (χ3v) is 5.58. The quantitative estimate of drug-likeness (QED) is 0.697. The molecule has 0 unspecified atom stereocenters. The normalized spacial score (nSPS) is 21.2. The van der Waals surface area contributed by atoms with Crippen molar-refractivity contribution in [1.82, 2.24) is 10.0 Å². The van der Waals surface area contributed by atoms with Crippen molar-refractivity contribution in [2.24, 2.45) is 5.92 Å². The van der Waals surface area contributed by atoms with E-state index < -0.39 is 27.2 Å². The molecule has 0 saturated heterocycles. The molecule has 2 aliphatic carbocycles. The summed E-state index contributed by atoms with van der Waals surface area (Å²) in [7, 11) is -3.59. The first kappa shape index (κ1) is 15.0. The molecule has 1 atom stereocenters. The summed E-state index contributed by atoms with van der Waals surface area (Å²) in [6.07, 6.45) is 6.07. The van der Waals surface area contributed by atoms with Crippen molar-refractivity contribution in [3.8, 4) is 0 Å². The van der Waals surface area contributed by atoms with Gasteiger partial charge in [-0.05, 0) is 25.7 Å². The molecule has 7 heteroatoms. The molecule has 2 saturated carbocycles. The largest absolute Gasteiger partial charge is 0.341 e. The van der Waals surface area contributed by atoms with Crippen molar-refractivity contribution >= 4 is 21.8 Å². The fourth-order valence-corrected chi connectivity index (χ4v) is 3.69. The minimum atomic E-state index is -3.59. The molecule has 2 amide bonds. The Morgan fingerprint density at radius 3 is 2.25 bits per heavy atom. The summed E-state index contributed by atoms with van der Waals surface area (Å²) >= 11 is 0. The highest BCUT2D eigenvalue weighted by Gasteiger charge is 2.38. The van der Waals surface area contributed by atoms with Gasteiger partial charge < -0.3 is 5.32 Å². The number of carbonyl (C=O) groups excluding carboxylic acids is 2. The number of amides is 2. The third-order valence-electron chi connectivity index (χ3n) is 3.75. The Hall–Kier alpha value is -1.37. The molecule has 0 aromatic carbocycles. The lowest BCUT2D eigenvalue weighted by atomic mass is 10.1. The van der Waals surface area contributed by atoms with Crippen molar-refractivity contribution in [3.63, 3.8) is 0 Å². The van der Waals surface area contributed by atoms with Crippen molar-refractivity contribution in [2.45, 2.75) is 49.8 Å². The molecular weight excluding hydrogens is 280 g/mol. The minimum Gasteiger partial charge on any atom is -0.341 e. The Morgan fingerprint density at radius 2 is 1.75 bits per heavy atom. The SMILES string of the molecule is C=C[C@@H](NC(=O)C1CCCC1)C(=O)NS(=O)(=O)C1CC1. The lowest BCUT2D eigenvalue weighted by Crippen LogP contribution is -2.49. The van der Waals surface area contributed by atoms with Gasteiger partial charge in [0.25, 0.3) is 5.91 Å². The summed E-state index contributed by atoms with van der Waals surface area (Å²) in [4.78, 5) is 23.8. The van der Waals surface area contributed by atoms with Gasteiger partial charge >= 0.3 is 0 Å². The second-order valence-corrected chi connectivity index (χ2v) is 7.37. The molecule has 2 fully saturated rings. The van der Waals surface area contributed by atoms with Crippen LogP contribution < -0.4 is 10.0 Å². The van der Waals surface area contributed by atoms with Gasteiger partial charge in [-0.3, -0.25) is 14.3 Å². The summed E-state index contributed by atoms with van der Waals surface area (Å²) < 4.78 is 25.4. The fourth-order valence-electron chi connectivity index (χ4n) is 2.36. The molecule has 0 radical (unpaired) electrons. The van der Waals surface area contributed by atoms with E-state index in [-0.39, 0.29) is 11.8 Å². The first-order valence-corrected chi connectivity index (χ1v) is 8.47. The first-order chi connectivity index (χ1) is 9.44. The van der Waals surface area contributed by atoms with Gasteiger partial charge in [0.1, 0.15) is 6.04 Å². The third kappa shape index (κ3) is 3.59. The number of carbonyl (C=O) groups is 2. The molecule has 0 bridgehead atoms. The Morgan fingerprint density at radius 1 is 1.15 bits per heavy atom. The lowest BCUT2D eigenvalue weighted by molar-refractivity contribution is -0.129. The van der Waals surface area contributed by atoms with Crippen molar-refractivity contribution in [1.29, 1.82) is 0 Å². The monoisotopic (exact) mass is 300 g/mol. The summed E-state index contributed by atoms with van der Waals surface area (Å²) in [5.74, 6) is -1.02. The first-order valence-electron chi connectivity index (χ1n) is 6.92. The topological polar surface area (TPSA) is 92.3 Å². The number of hydrogen-bond donors (Lipinski definition) is 2. The maximum absolute atomic E-state index is 11.9. The molecule has 112 valence electrons. The molecule has 0 heterocycles. The van der Waals surface area contributed by atoms with Crippen LogP contribution in [0.5, 0.6) is 0 Å². The summed E-state index contributed by atoms with van der Waals surface area (Å²) in [6, 6.07) is -1.00. The minimum absolute atomic E-state index is 0.0784. The lowest BCUT2D eigenvalue weighted by Gasteiger charge is -2.17. The Kier molecular flexibility index (Phi) is 4.47. The molecule has 20 heavy (non-hydrogen) atoms. The van der Waals surface area contributed by atoms with E-state index >= 15 is 0 Å². The van der Waals surface area contributed by atoms with Gasteiger partial charge in [0.15, 0.2) is 0 Å². The number of sulfonamides is 1. The van der Waals surface area contributed by atoms with Gasteiger partial charge in [0.05, 0.1) is 5.25 Å². The van der Waals surface area contributed by atoms with Crippen LogP contribution in [-0.4, -0.2) is 31.5 Å². The van der Waals surface area contributed by atoms with E-state index in [1.165, 1.54) is 6.08 Å². The number of hydrogen-bond acceptors (Lipinski definition) is 4. The average Bonchev–Trinajstić information content (AvgIpc) is 3.12. The predicted molar refractivity (Wildman–Crippen MR) is 74.2 cm³/mol. The van der Waals surface area contributed by atoms with Crippen LogP contribution in [-0.2, 0) is 19.6 Å². The van der Waals surface area contributed by atoms with E-state index in [0.29, 0.717) is 12.8 Å². The maximum Gasteiger partial charge on any atom is 0.260 e. The molecule has 2 N–H and O–H groups in total. The highest BCUT2D eigenvalue weighted by molar-refractivity contribution is 7.90. The second kappa shape index (κ2) is 5.95. The molecule has 0 aromatic rings. The van der Waals surface area contributed by atoms with Crippen LogP contribution in [0.4, 0.5) is 0 Å².